The maximum atomic E-state index is 11.1. The van der Waals surface area contributed by atoms with E-state index in [-0.39, 0.29) is 0 Å². The molecule has 18 heavy (non-hydrogen) atoms. The summed E-state index contributed by atoms with van der Waals surface area (Å²) in [4.78, 5) is 15.5. The van der Waals surface area contributed by atoms with E-state index in [2.05, 4.69) is 20.9 Å². The number of rotatable bonds is 1. The smallest absolute Gasteiger partial charge is 0.169 e. The summed E-state index contributed by atoms with van der Waals surface area (Å²) in [6.07, 6.45) is 0.781. The van der Waals surface area contributed by atoms with Gasteiger partial charge in [-0.2, -0.15) is 0 Å². The largest absolute Gasteiger partial charge is 0.296 e. The molecule has 0 amide bonds. The van der Waals surface area contributed by atoms with Crippen molar-refractivity contribution in [2.45, 2.75) is 0 Å². The molecule has 0 N–H and O–H groups in total. The third-order valence-corrected chi connectivity index (χ3v) is 3.77. The molecule has 1 aromatic heterocycles. The van der Waals surface area contributed by atoms with E-state index in [1.54, 1.807) is 6.07 Å². The van der Waals surface area contributed by atoms with Gasteiger partial charge in [0.25, 0.3) is 0 Å². The summed E-state index contributed by atoms with van der Waals surface area (Å²) < 4.78 is 0.928. The van der Waals surface area contributed by atoms with Crippen molar-refractivity contribution >= 4 is 55.5 Å². The van der Waals surface area contributed by atoms with Crippen molar-refractivity contribution in [2.75, 3.05) is 0 Å². The number of aldehydes is 1. The van der Waals surface area contributed by atoms with Crippen LogP contribution >= 0.6 is 27.5 Å². The van der Waals surface area contributed by atoms with Crippen LogP contribution in [0.1, 0.15) is 10.5 Å². The number of aromatic nitrogens is 1. The Labute approximate surface area is 117 Å². The van der Waals surface area contributed by atoms with Crippen LogP contribution in [-0.4, -0.2) is 11.3 Å². The normalized spacial score (nSPS) is 11.0. The number of carbonyl (C=O) groups is 1. The molecule has 3 aromatic rings. The number of hydrogen-bond acceptors (Lipinski definition) is 2. The Kier molecular flexibility index (Phi) is 2.80. The van der Waals surface area contributed by atoms with Gasteiger partial charge in [-0.05, 0) is 24.3 Å². The predicted octanol–water partition coefficient (Wildman–Crippen LogP) is 4.62. The first-order valence-electron chi connectivity index (χ1n) is 5.33. The van der Waals surface area contributed by atoms with Crippen molar-refractivity contribution in [2.24, 2.45) is 0 Å². The molecule has 0 spiro atoms. The van der Waals surface area contributed by atoms with E-state index >= 15 is 0 Å². The predicted molar refractivity (Wildman–Crippen MR) is 77.3 cm³/mol. The van der Waals surface area contributed by atoms with E-state index in [0.29, 0.717) is 10.7 Å². The van der Waals surface area contributed by atoms with Crippen LogP contribution in [0.4, 0.5) is 0 Å². The van der Waals surface area contributed by atoms with Crippen LogP contribution in [0, 0.1) is 0 Å². The van der Waals surface area contributed by atoms with Gasteiger partial charge in [-0.1, -0.05) is 39.7 Å². The maximum absolute atomic E-state index is 11.1. The molecule has 2 nitrogen and oxygen atoms in total. The second kappa shape index (κ2) is 4.34. The molecule has 0 saturated heterocycles. The van der Waals surface area contributed by atoms with Crippen LogP contribution in [-0.2, 0) is 0 Å². The molecular weight excluding hydrogens is 314 g/mol. The minimum atomic E-state index is 0.445. The van der Waals surface area contributed by atoms with Gasteiger partial charge < -0.3 is 0 Å². The van der Waals surface area contributed by atoms with Crippen LogP contribution in [0.2, 0.25) is 5.02 Å². The van der Waals surface area contributed by atoms with Crippen molar-refractivity contribution in [3.63, 3.8) is 0 Å². The molecule has 0 radical (unpaired) electrons. The van der Waals surface area contributed by atoms with E-state index in [4.69, 9.17) is 11.6 Å². The lowest BCUT2D eigenvalue weighted by molar-refractivity contribution is 0.112. The molecule has 0 saturated carbocycles. The van der Waals surface area contributed by atoms with Crippen molar-refractivity contribution < 1.29 is 4.79 Å². The topological polar surface area (TPSA) is 30.0 Å². The number of halogens is 2. The van der Waals surface area contributed by atoms with Gasteiger partial charge in [-0.25, -0.2) is 4.98 Å². The number of pyridine rings is 1. The lowest BCUT2D eigenvalue weighted by atomic mass is 10.0. The quantitative estimate of drug-likeness (QED) is 0.484. The van der Waals surface area contributed by atoms with Crippen molar-refractivity contribution in [3.8, 4) is 0 Å². The molecule has 0 aliphatic carbocycles. The Morgan fingerprint density at radius 2 is 2.00 bits per heavy atom. The molecular formula is C14H7BrClNO. The highest BCUT2D eigenvalue weighted by Crippen LogP contribution is 2.33. The zero-order chi connectivity index (χ0) is 12.7. The van der Waals surface area contributed by atoms with E-state index in [1.165, 1.54) is 0 Å². The van der Waals surface area contributed by atoms with Crippen LogP contribution in [0.25, 0.3) is 21.7 Å². The summed E-state index contributed by atoms with van der Waals surface area (Å²) in [5, 5.41) is 3.39. The van der Waals surface area contributed by atoms with Gasteiger partial charge in [-0.3, -0.25) is 4.79 Å². The fourth-order valence-corrected chi connectivity index (χ4v) is 2.85. The second-order valence-electron chi connectivity index (χ2n) is 3.94. The molecule has 0 aliphatic rings. The average molecular weight is 321 g/mol. The number of fused-ring (bicyclic) bond motifs is 3. The summed E-state index contributed by atoms with van der Waals surface area (Å²) in [6.45, 7) is 0. The van der Waals surface area contributed by atoms with Gasteiger partial charge in [0.15, 0.2) is 6.29 Å². The fourth-order valence-electron chi connectivity index (χ4n) is 2.10. The van der Waals surface area contributed by atoms with E-state index in [0.717, 1.165) is 32.4 Å². The van der Waals surface area contributed by atoms with Crippen LogP contribution < -0.4 is 0 Å². The van der Waals surface area contributed by atoms with Gasteiger partial charge in [0, 0.05) is 25.7 Å². The lowest BCUT2D eigenvalue weighted by Crippen LogP contribution is -1.92. The summed E-state index contributed by atoms with van der Waals surface area (Å²) in [5.41, 5.74) is 1.21. The molecule has 3 rings (SSSR count). The third kappa shape index (κ3) is 1.71. The SMILES string of the molecule is O=Cc1nc2ccc(Cl)cc2c2c(Br)cccc12. The highest BCUT2D eigenvalue weighted by molar-refractivity contribution is 9.10. The number of nitrogens with zero attached hydrogens (tertiary/aromatic N) is 1. The zero-order valence-electron chi connectivity index (χ0n) is 9.15. The molecule has 0 atom stereocenters. The summed E-state index contributed by atoms with van der Waals surface area (Å²) in [5.74, 6) is 0. The molecule has 0 bridgehead atoms. The van der Waals surface area contributed by atoms with Crippen molar-refractivity contribution in [1.82, 2.24) is 4.98 Å². The van der Waals surface area contributed by atoms with Crippen LogP contribution in [0.5, 0.6) is 0 Å². The molecule has 1 heterocycles. The number of benzene rings is 2. The Bertz CT molecular complexity index is 785. The number of hydrogen-bond donors (Lipinski definition) is 0. The van der Waals surface area contributed by atoms with E-state index in [9.17, 15) is 4.79 Å². The monoisotopic (exact) mass is 319 g/mol. The standard InChI is InChI=1S/C14H7BrClNO/c15-11-3-1-2-9-13(7-18)17-12-5-4-8(16)6-10(12)14(9)11/h1-7H. The third-order valence-electron chi connectivity index (χ3n) is 2.87. The molecule has 4 heteroatoms. The molecule has 0 aliphatic heterocycles. The van der Waals surface area contributed by atoms with Crippen LogP contribution in [0.15, 0.2) is 40.9 Å². The molecule has 88 valence electrons. The van der Waals surface area contributed by atoms with Crippen molar-refractivity contribution in [1.29, 1.82) is 0 Å². The average Bonchev–Trinajstić information content (AvgIpc) is 2.38. The highest BCUT2D eigenvalue weighted by Gasteiger charge is 2.10. The Morgan fingerprint density at radius 3 is 2.78 bits per heavy atom. The first-order valence-corrected chi connectivity index (χ1v) is 6.50. The molecule has 2 aromatic carbocycles. The summed E-state index contributed by atoms with van der Waals surface area (Å²) in [7, 11) is 0. The first kappa shape index (κ1) is 11.6. The van der Waals surface area contributed by atoms with E-state index in [1.807, 2.05) is 30.3 Å². The second-order valence-corrected chi connectivity index (χ2v) is 5.23. The summed E-state index contributed by atoms with van der Waals surface area (Å²) in [6, 6.07) is 11.2. The Hall–Kier alpha value is -1.45. The fraction of sp³-hybridized carbons (Fsp3) is 0. The maximum Gasteiger partial charge on any atom is 0.169 e. The van der Waals surface area contributed by atoms with E-state index < -0.39 is 0 Å². The number of carbonyl (C=O) groups excluding carboxylic acids is 1. The molecule has 0 fully saturated rings. The lowest BCUT2D eigenvalue weighted by Gasteiger charge is -2.08. The Morgan fingerprint density at radius 1 is 1.17 bits per heavy atom. The summed E-state index contributed by atoms with van der Waals surface area (Å²) >= 11 is 9.55. The van der Waals surface area contributed by atoms with Gasteiger partial charge in [0.2, 0.25) is 0 Å². The van der Waals surface area contributed by atoms with Gasteiger partial charge in [0.05, 0.1) is 5.52 Å². The van der Waals surface area contributed by atoms with Crippen LogP contribution in [0.3, 0.4) is 0 Å². The first-order chi connectivity index (χ1) is 8.70. The van der Waals surface area contributed by atoms with Gasteiger partial charge in [-0.15, -0.1) is 0 Å². The van der Waals surface area contributed by atoms with Gasteiger partial charge in [0.1, 0.15) is 5.69 Å². The van der Waals surface area contributed by atoms with Crippen molar-refractivity contribution in [3.05, 3.63) is 51.6 Å². The Balaban J connectivity index is 2.64. The zero-order valence-corrected chi connectivity index (χ0v) is 11.5. The minimum absolute atomic E-state index is 0.445. The molecule has 0 unspecified atom stereocenters. The minimum Gasteiger partial charge on any atom is -0.296 e. The highest BCUT2D eigenvalue weighted by atomic mass is 79.9. The van der Waals surface area contributed by atoms with Gasteiger partial charge >= 0.3 is 0 Å².